The van der Waals surface area contributed by atoms with Crippen LogP contribution in [-0.2, 0) is 11.3 Å². The fourth-order valence-electron chi connectivity index (χ4n) is 3.01. The van der Waals surface area contributed by atoms with Gasteiger partial charge in [0.15, 0.2) is 0 Å². The van der Waals surface area contributed by atoms with E-state index in [9.17, 15) is 18.0 Å². The number of anilines is 1. The summed E-state index contributed by atoms with van der Waals surface area (Å²) in [5.41, 5.74) is 1.14. The first-order valence-electron chi connectivity index (χ1n) is 9.00. The Balaban J connectivity index is 1.59. The van der Waals surface area contributed by atoms with Crippen LogP contribution in [0.25, 0.3) is 11.5 Å². The summed E-state index contributed by atoms with van der Waals surface area (Å²) in [4.78, 5) is 14.4. The fraction of sp³-hybridized carbons (Fsp3) is 0.250. The molecule has 3 aromatic rings. The summed E-state index contributed by atoms with van der Waals surface area (Å²) in [5.74, 6) is -1.85. The van der Waals surface area contributed by atoms with E-state index < -0.39 is 18.1 Å². The SMILES string of the molecule is O=C(C1CNC1)N(Cc1ccc(-c2nnc(C(F)F)o2)cc1F)c1ccccc1. The molecular formula is C20H17F3N4O2. The molecule has 1 N–H and O–H groups in total. The second-order valence-electron chi connectivity index (χ2n) is 6.67. The van der Waals surface area contributed by atoms with Gasteiger partial charge >= 0.3 is 6.43 Å². The highest BCUT2D eigenvalue weighted by Gasteiger charge is 2.30. The van der Waals surface area contributed by atoms with Crippen molar-refractivity contribution < 1.29 is 22.4 Å². The quantitative estimate of drug-likeness (QED) is 0.683. The van der Waals surface area contributed by atoms with E-state index in [0.29, 0.717) is 18.8 Å². The molecule has 1 fully saturated rings. The molecule has 0 spiro atoms. The number of halogens is 3. The molecule has 0 saturated carbocycles. The van der Waals surface area contributed by atoms with Gasteiger partial charge in [-0.1, -0.05) is 24.3 Å². The molecule has 1 aliphatic heterocycles. The molecule has 29 heavy (non-hydrogen) atoms. The Morgan fingerprint density at radius 2 is 1.93 bits per heavy atom. The number of nitrogens with one attached hydrogen (secondary N) is 1. The highest BCUT2D eigenvalue weighted by atomic mass is 19.3. The molecule has 1 saturated heterocycles. The number of alkyl halides is 2. The number of nitrogens with zero attached hydrogens (tertiary/aromatic N) is 3. The lowest BCUT2D eigenvalue weighted by atomic mass is 10.0. The topological polar surface area (TPSA) is 71.3 Å². The number of amides is 1. The van der Waals surface area contributed by atoms with E-state index in [-0.39, 0.29) is 35.4 Å². The van der Waals surface area contributed by atoms with Gasteiger partial charge in [0.1, 0.15) is 5.82 Å². The van der Waals surface area contributed by atoms with Crippen LogP contribution in [0.3, 0.4) is 0 Å². The van der Waals surface area contributed by atoms with Crippen molar-refractivity contribution in [3.8, 4) is 11.5 Å². The van der Waals surface area contributed by atoms with Gasteiger partial charge in [0.05, 0.1) is 12.5 Å². The van der Waals surface area contributed by atoms with Crippen LogP contribution in [0.15, 0.2) is 52.9 Å². The average Bonchev–Trinajstić information content (AvgIpc) is 3.17. The molecule has 0 radical (unpaired) electrons. The van der Waals surface area contributed by atoms with Crippen molar-refractivity contribution in [3.63, 3.8) is 0 Å². The number of hydrogen-bond acceptors (Lipinski definition) is 5. The third-order valence-electron chi connectivity index (χ3n) is 4.72. The maximum atomic E-state index is 14.7. The van der Waals surface area contributed by atoms with Crippen LogP contribution < -0.4 is 10.2 Å². The Kier molecular flexibility index (Phi) is 5.30. The van der Waals surface area contributed by atoms with E-state index >= 15 is 0 Å². The van der Waals surface area contributed by atoms with Gasteiger partial charge in [-0.2, -0.15) is 8.78 Å². The second-order valence-corrected chi connectivity index (χ2v) is 6.67. The Bertz CT molecular complexity index is 1010. The molecule has 0 bridgehead atoms. The number of hydrogen-bond donors (Lipinski definition) is 1. The van der Waals surface area contributed by atoms with Crippen LogP contribution in [-0.4, -0.2) is 29.2 Å². The molecule has 0 atom stereocenters. The minimum absolute atomic E-state index is 0.0393. The van der Waals surface area contributed by atoms with Gasteiger partial charge in [-0.05, 0) is 24.3 Å². The molecule has 1 amide bonds. The third-order valence-corrected chi connectivity index (χ3v) is 4.72. The molecule has 9 heteroatoms. The fourth-order valence-corrected chi connectivity index (χ4v) is 3.01. The Hall–Kier alpha value is -3.20. The van der Waals surface area contributed by atoms with E-state index in [1.165, 1.54) is 12.1 Å². The zero-order valence-corrected chi connectivity index (χ0v) is 15.2. The lowest BCUT2D eigenvalue weighted by Crippen LogP contribution is -2.52. The van der Waals surface area contributed by atoms with E-state index in [0.717, 1.165) is 6.07 Å². The molecule has 0 aliphatic carbocycles. The minimum atomic E-state index is -2.90. The lowest BCUT2D eigenvalue weighted by Gasteiger charge is -2.32. The van der Waals surface area contributed by atoms with Crippen LogP contribution in [0.1, 0.15) is 17.9 Å². The highest BCUT2D eigenvalue weighted by Crippen LogP contribution is 2.27. The first-order chi connectivity index (χ1) is 14.0. The van der Waals surface area contributed by atoms with Crippen molar-refractivity contribution in [3.05, 3.63) is 65.8 Å². The summed E-state index contributed by atoms with van der Waals surface area (Å²) < 4.78 is 44.8. The van der Waals surface area contributed by atoms with Crippen molar-refractivity contribution in [1.82, 2.24) is 15.5 Å². The number of benzene rings is 2. The van der Waals surface area contributed by atoms with Crippen molar-refractivity contribution in [2.45, 2.75) is 13.0 Å². The first-order valence-corrected chi connectivity index (χ1v) is 9.00. The zero-order valence-electron chi connectivity index (χ0n) is 15.2. The van der Waals surface area contributed by atoms with Crippen molar-refractivity contribution in [1.29, 1.82) is 0 Å². The Morgan fingerprint density at radius 3 is 2.52 bits per heavy atom. The first kappa shape index (κ1) is 19.1. The number of rotatable bonds is 6. The smallest absolute Gasteiger partial charge is 0.314 e. The molecule has 1 aliphatic rings. The van der Waals surface area contributed by atoms with E-state index in [1.54, 1.807) is 17.0 Å². The molecule has 6 nitrogen and oxygen atoms in total. The van der Waals surface area contributed by atoms with Gasteiger partial charge in [-0.15, -0.1) is 10.2 Å². The van der Waals surface area contributed by atoms with Crippen LogP contribution in [0.5, 0.6) is 0 Å². The van der Waals surface area contributed by atoms with Crippen molar-refractivity contribution >= 4 is 11.6 Å². The number of para-hydroxylation sites is 1. The summed E-state index contributed by atoms with van der Waals surface area (Å²) in [5, 5.41) is 9.83. The molecule has 4 rings (SSSR count). The van der Waals surface area contributed by atoms with Gasteiger partial charge in [-0.3, -0.25) is 4.79 Å². The van der Waals surface area contributed by atoms with Crippen LogP contribution in [0.4, 0.5) is 18.9 Å². The van der Waals surface area contributed by atoms with Gasteiger partial charge in [0, 0.05) is 29.9 Å². The molecule has 2 aromatic carbocycles. The van der Waals surface area contributed by atoms with Crippen molar-refractivity contribution in [2.24, 2.45) is 5.92 Å². The van der Waals surface area contributed by atoms with Gasteiger partial charge in [0.2, 0.25) is 11.8 Å². The summed E-state index contributed by atoms with van der Waals surface area (Å²) in [6.45, 7) is 1.22. The maximum absolute atomic E-state index is 14.7. The molecule has 0 unspecified atom stereocenters. The van der Waals surface area contributed by atoms with Crippen molar-refractivity contribution in [2.75, 3.05) is 18.0 Å². The summed E-state index contributed by atoms with van der Waals surface area (Å²) in [6.07, 6.45) is -2.90. The minimum Gasteiger partial charge on any atom is -0.415 e. The maximum Gasteiger partial charge on any atom is 0.314 e. The average molecular weight is 402 g/mol. The summed E-state index contributed by atoms with van der Waals surface area (Å²) >= 11 is 0. The summed E-state index contributed by atoms with van der Waals surface area (Å²) in [7, 11) is 0. The number of carbonyl (C=O) groups excluding carboxylic acids is 1. The Labute approximate surface area is 164 Å². The van der Waals surface area contributed by atoms with E-state index in [1.807, 2.05) is 18.2 Å². The zero-order chi connectivity index (χ0) is 20.4. The predicted molar refractivity (Wildman–Crippen MR) is 98.6 cm³/mol. The van der Waals surface area contributed by atoms with Crippen LogP contribution in [0.2, 0.25) is 0 Å². The largest absolute Gasteiger partial charge is 0.415 e. The normalized spacial score (nSPS) is 14.1. The molecule has 150 valence electrons. The number of aromatic nitrogens is 2. The van der Waals surface area contributed by atoms with Crippen LogP contribution in [0, 0.1) is 11.7 Å². The van der Waals surface area contributed by atoms with E-state index in [4.69, 9.17) is 4.42 Å². The standard InChI is InChI=1S/C20H17F3N4O2/c21-16-8-12(18-25-26-19(29-18)17(22)23)6-7-13(16)11-27(15-4-2-1-3-5-15)20(28)14-9-24-10-14/h1-8,14,17,24H,9-11H2. The summed E-state index contributed by atoms with van der Waals surface area (Å²) in [6, 6.07) is 13.2. The lowest BCUT2D eigenvalue weighted by molar-refractivity contribution is -0.123. The number of carbonyl (C=O) groups is 1. The van der Waals surface area contributed by atoms with Crippen LogP contribution >= 0.6 is 0 Å². The monoisotopic (exact) mass is 402 g/mol. The third kappa shape index (κ3) is 4.00. The van der Waals surface area contributed by atoms with Gasteiger partial charge in [0.25, 0.3) is 5.89 Å². The van der Waals surface area contributed by atoms with Gasteiger partial charge < -0.3 is 14.6 Å². The molecular weight excluding hydrogens is 385 g/mol. The molecule has 2 heterocycles. The Morgan fingerprint density at radius 1 is 1.17 bits per heavy atom. The van der Waals surface area contributed by atoms with Gasteiger partial charge in [-0.25, -0.2) is 4.39 Å². The molecule has 1 aromatic heterocycles. The predicted octanol–water partition coefficient (Wildman–Crippen LogP) is 3.57. The second kappa shape index (κ2) is 8.04. The van der Waals surface area contributed by atoms with E-state index in [2.05, 4.69) is 15.5 Å². The highest BCUT2D eigenvalue weighted by molar-refractivity contribution is 5.95.